The van der Waals surface area contributed by atoms with Crippen molar-refractivity contribution in [3.8, 4) is 22.5 Å². The van der Waals surface area contributed by atoms with Crippen molar-refractivity contribution in [3.05, 3.63) is 144 Å². The van der Waals surface area contributed by atoms with E-state index in [-0.39, 0.29) is 0 Å². The molecule has 6 heteroatoms. The van der Waals surface area contributed by atoms with Crippen LogP contribution in [0.1, 0.15) is 22.3 Å². The van der Waals surface area contributed by atoms with Gasteiger partial charge in [-0.05, 0) is 40.8 Å². The summed E-state index contributed by atoms with van der Waals surface area (Å²) in [5.41, 5.74) is 8.73. The zero-order valence-corrected chi connectivity index (χ0v) is 20.4. The third-order valence-corrected chi connectivity index (χ3v) is 6.31. The molecule has 0 bridgehead atoms. The van der Waals surface area contributed by atoms with Crippen LogP contribution >= 0.6 is 0 Å². The molecule has 0 unspecified atom stereocenters. The Bertz CT molecular complexity index is 1480. The molecule has 6 aromatic rings. The van der Waals surface area contributed by atoms with Gasteiger partial charge in [0.2, 0.25) is 0 Å². The second kappa shape index (κ2) is 10.4. The molecule has 4 aromatic carbocycles. The van der Waals surface area contributed by atoms with Crippen molar-refractivity contribution >= 4 is 0 Å². The lowest BCUT2D eigenvalue weighted by molar-refractivity contribution is 0.650. The highest BCUT2D eigenvalue weighted by molar-refractivity contribution is 5.61. The Morgan fingerprint density at radius 1 is 0.459 bits per heavy atom. The predicted octanol–water partition coefficient (Wildman–Crippen LogP) is 5.89. The predicted molar refractivity (Wildman–Crippen MR) is 145 cm³/mol. The molecule has 2 heterocycles. The van der Waals surface area contributed by atoms with Crippen molar-refractivity contribution in [2.75, 3.05) is 0 Å². The lowest BCUT2D eigenvalue weighted by Gasteiger charge is -2.06. The van der Waals surface area contributed by atoms with Crippen LogP contribution in [0.3, 0.4) is 0 Å². The van der Waals surface area contributed by atoms with Gasteiger partial charge in [0.15, 0.2) is 0 Å². The van der Waals surface area contributed by atoms with Gasteiger partial charge in [0, 0.05) is 11.1 Å². The summed E-state index contributed by atoms with van der Waals surface area (Å²) in [6, 6.07) is 37.6. The monoisotopic (exact) mass is 482 g/mol. The molecule has 0 aliphatic rings. The van der Waals surface area contributed by atoms with Crippen molar-refractivity contribution in [1.82, 2.24) is 30.0 Å². The Labute approximate surface area is 215 Å². The van der Waals surface area contributed by atoms with E-state index in [0.29, 0.717) is 13.1 Å². The number of hydrogen-bond donors (Lipinski definition) is 0. The van der Waals surface area contributed by atoms with E-state index in [1.165, 1.54) is 22.3 Å². The maximum Gasteiger partial charge on any atom is 0.113 e. The van der Waals surface area contributed by atoms with E-state index in [0.717, 1.165) is 28.9 Å². The number of benzene rings is 4. The Hall–Kier alpha value is -4.84. The second-order valence-electron chi connectivity index (χ2n) is 9.15. The summed E-state index contributed by atoms with van der Waals surface area (Å²) < 4.78 is 3.76. The van der Waals surface area contributed by atoms with Crippen molar-refractivity contribution < 1.29 is 0 Å². The summed E-state index contributed by atoms with van der Waals surface area (Å²) >= 11 is 0. The molecule has 0 saturated carbocycles. The molecule has 6 rings (SSSR count). The van der Waals surface area contributed by atoms with Crippen molar-refractivity contribution in [3.63, 3.8) is 0 Å². The molecule has 0 spiro atoms. The molecule has 0 atom stereocenters. The molecule has 180 valence electrons. The van der Waals surface area contributed by atoms with Crippen LogP contribution in [0.15, 0.2) is 122 Å². The molecule has 0 amide bonds. The minimum Gasteiger partial charge on any atom is -0.247 e. The highest BCUT2D eigenvalue weighted by Crippen LogP contribution is 2.23. The van der Waals surface area contributed by atoms with Gasteiger partial charge >= 0.3 is 0 Å². The lowest BCUT2D eigenvalue weighted by Crippen LogP contribution is -1.99. The van der Waals surface area contributed by atoms with Gasteiger partial charge < -0.3 is 0 Å². The normalized spacial score (nSPS) is 11.0. The summed E-state index contributed by atoms with van der Waals surface area (Å²) in [6.45, 7) is 1.41. The quantitative estimate of drug-likeness (QED) is 0.271. The molecule has 0 aliphatic carbocycles. The maximum atomic E-state index is 4.41. The van der Waals surface area contributed by atoms with Crippen LogP contribution in [0.4, 0.5) is 0 Å². The summed E-state index contributed by atoms with van der Waals surface area (Å²) in [5, 5.41) is 17.5. The number of nitrogens with zero attached hydrogens (tertiary/aromatic N) is 6. The fourth-order valence-corrected chi connectivity index (χ4v) is 4.47. The van der Waals surface area contributed by atoms with Crippen molar-refractivity contribution in [1.29, 1.82) is 0 Å². The van der Waals surface area contributed by atoms with E-state index in [9.17, 15) is 0 Å². The first kappa shape index (κ1) is 22.6. The zero-order valence-electron chi connectivity index (χ0n) is 20.4. The average molecular weight is 483 g/mol. The van der Waals surface area contributed by atoms with E-state index in [1.54, 1.807) is 0 Å². The summed E-state index contributed by atoms with van der Waals surface area (Å²) in [5.74, 6) is 0. The van der Waals surface area contributed by atoms with Gasteiger partial charge in [-0.3, -0.25) is 0 Å². The van der Waals surface area contributed by atoms with Gasteiger partial charge in [-0.15, -0.1) is 10.2 Å². The lowest BCUT2D eigenvalue weighted by atomic mass is 10.00. The van der Waals surface area contributed by atoms with Crippen LogP contribution in [0.25, 0.3) is 22.5 Å². The van der Waals surface area contributed by atoms with Crippen LogP contribution in [0.5, 0.6) is 0 Å². The largest absolute Gasteiger partial charge is 0.247 e. The Morgan fingerprint density at radius 2 is 0.892 bits per heavy atom. The highest BCUT2D eigenvalue weighted by Gasteiger charge is 2.08. The number of aromatic nitrogens is 6. The summed E-state index contributed by atoms with van der Waals surface area (Å²) in [6.07, 6.45) is 4.83. The van der Waals surface area contributed by atoms with E-state index < -0.39 is 0 Å². The first-order valence-corrected chi connectivity index (χ1v) is 12.4. The smallest absolute Gasteiger partial charge is 0.113 e. The van der Waals surface area contributed by atoms with Crippen LogP contribution < -0.4 is 0 Å². The first-order chi connectivity index (χ1) is 18.3. The second-order valence-corrected chi connectivity index (χ2v) is 9.15. The van der Waals surface area contributed by atoms with Crippen LogP contribution in [-0.2, 0) is 19.5 Å². The van der Waals surface area contributed by atoms with E-state index in [1.807, 2.05) is 58.2 Å². The standard InChI is InChI=1S/C31H26N6/c1-3-9-24(10-4-1)20-36-22-30(32-34-36)28-15-7-13-26(18-28)17-27-14-8-16-29(19-27)31-23-37(35-33-31)21-25-11-5-2-6-12-25/h1-16,18-19,22-23H,17,20-21H2. The van der Waals surface area contributed by atoms with Crippen LogP contribution in [-0.4, -0.2) is 30.0 Å². The third kappa shape index (κ3) is 5.54. The SMILES string of the molecule is c1ccc(Cn2cc(-c3cccc(Cc4cccc(-c5cn(Cc6ccccc6)nn5)c4)c3)nn2)cc1. The minimum atomic E-state index is 0.705. The molecular formula is C31H26N6. The van der Waals surface area contributed by atoms with E-state index in [2.05, 4.69) is 93.4 Å². The third-order valence-electron chi connectivity index (χ3n) is 6.31. The molecule has 37 heavy (non-hydrogen) atoms. The first-order valence-electron chi connectivity index (χ1n) is 12.4. The van der Waals surface area contributed by atoms with Crippen molar-refractivity contribution in [2.45, 2.75) is 19.5 Å². The van der Waals surface area contributed by atoms with Crippen LogP contribution in [0.2, 0.25) is 0 Å². The molecule has 0 aliphatic heterocycles. The van der Waals surface area contributed by atoms with Gasteiger partial charge in [0.25, 0.3) is 0 Å². The van der Waals surface area contributed by atoms with Gasteiger partial charge in [-0.2, -0.15) is 0 Å². The molecule has 0 saturated heterocycles. The summed E-state index contributed by atoms with van der Waals surface area (Å²) in [4.78, 5) is 0. The number of rotatable bonds is 8. The topological polar surface area (TPSA) is 61.4 Å². The molecule has 6 nitrogen and oxygen atoms in total. The Morgan fingerprint density at radius 3 is 1.35 bits per heavy atom. The molecule has 0 fully saturated rings. The fourth-order valence-electron chi connectivity index (χ4n) is 4.47. The zero-order chi connectivity index (χ0) is 24.9. The fraction of sp³-hybridized carbons (Fsp3) is 0.0968. The van der Waals surface area contributed by atoms with Crippen molar-refractivity contribution in [2.24, 2.45) is 0 Å². The molecule has 0 N–H and O–H groups in total. The number of hydrogen-bond acceptors (Lipinski definition) is 4. The van der Waals surface area contributed by atoms with Gasteiger partial charge in [0.1, 0.15) is 11.4 Å². The highest BCUT2D eigenvalue weighted by atomic mass is 15.4. The Balaban J connectivity index is 1.16. The molecular weight excluding hydrogens is 456 g/mol. The van der Waals surface area contributed by atoms with Gasteiger partial charge in [-0.1, -0.05) is 107 Å². The van der Waals surface area contributed by atoms with Crippen LogP contribution in [0, 0.1) is 0 Å². The maximum absolute atomic E-state index is 4.41. The van der Waals surface area contributed by atoms with E-state index in [4.69, 9.17) is 0 Å². The van der Waals surface area contributed by atoms with Gasteiger partial charge in [0.05, 0.1) is 25.5 Å². The molecule has 2 aromatic heterocycles. The Kier molecular flexibility index (Phi) is 6.37. The van der Waals surface area contributed by atoms with Gasteiger partial charge in [-0.25, -0.2) is 9.36 Å². The minimum absolute atomic E-state index is 0.705. The average Bonchev–Trinajstić information content (AvgIpc) is 3.60. The molecule has 0 radical (unpaired) electrons. The van der Waals surface area contributed by atoms with E-state index >= 15 is 0 Å². The summed E-state index contributed by atoms with van der Waals surface area (Å²) in [7, 11) is 0.